The maximum Gasteiger partial charge on any atom is 0.145 e. The number of methoxy groups -OCH3 is 1. The first-order chi connectivity index (χ1) is 13.1. The highest BCUT2D eigenvalue weighted by Crippen LogP contribution is 2.36. The van der Waals surface area contributed by atoms with Crippen LogP contribution in [0.25, 0.3) is 22.0 Å². The fraction of sp³-hybridized carbons (Fsp3) is 0.200. The lowest BCUT2D eigenvalue weighted by Gasteiger charge is -2.16. The molecular formula is C20H18FN3O3. The second kappa shape index (κ2) is 7.99. The molecule has 3 rings (SSSR count). The predicted molar refractivity (Wildman–Crippen MR) is 100.0 cm³/mol. The van der Waals surface area contributed by atoms with Gasteiger partial charge in [-0.15, -0.1) is 0 Å². The van der Waals surface area contributed by atoms with Crippen molar-refractivity contribution in [3.05, 3.63) is 53.8 Å². The lowest BCUT2D eigenvalue weighted by Crippen LogP contribution is -2.23. The third-order valence-corrected chi connectivity index (χ3v) is 4.13. The maximum atomic E-state index is 13.8. The number of aliphatic hydroxyl groups excluding tert-OH is 2. The molecule has 27 heavy (non-hydrogen) atoms. The molecule has 1 aromatic heterocycles. The fourth-order valence-electron chi connectivity index (χ4n) is 2.83. The van der Waals surface area contributed by atoms with Crippen LogP contribution in [0.4, 0.5) is 10.2 Å². The lowest BCUT2D eigenvalue weighted by molar-refractivity contribution is 0.105. The fourth-order valence-corrected chi connectivity index (χ4v) is 2.83. The number of pyridine rings is 1. The molecule has 1 heterocycles. The van der Waals surface area contributed by atoms with Crippen molar-refractivity contribution in [2.45, 2.75) is 6.10 Å². The Labute approximate surface area is 155 Å². The van der Waals surface area contributed by atoms with E-state index < -0.39 is 18.5 Å². The minimum atomic E-state index is -0.998. The summed E-state index contributed by atoms with van der Waals surface area (Å²) in [5.74, 6) is 0.415. The van der Waals surface area contributed by atoms with Crippen molar-refractivity contribution in [1.82, 2.24) is 4.98 Å². The smallest absolute Gasteiger partial charge is 0.145 e. The topological polar surface area (TPSA) is 98.4 Å². The molecule has 0 aliphatic heterocycles. The van der Waals surface area contributed by atoms with Gasteiger partial charge in [-0.05, 0) is 35.9 Å². The number of rotatable bonds is 6. The Morgan fingerprint density at radius 1 is 1.30 bits per heavy atom. The molecule has 0 saturated carbocycles. The number of aliphatic hydroxyl groups is 2. The van der Waals surface area contributed by atoms with E-state index >= 15 is 0 Å². The molecule has 3 aromatic rings. The van der Waals surface area contributed by atoms with E-state index in [1.54, 1.807) is 30.3 Å². The number of nitrogens with one attached hydrogen (secondary N) is 1. The van der Waals surface area contributed by atoms with Gasteiger partial charge in [0.15, 0.2) is 0 Å². The van der Waals surface area contributed by atoms with Gasteiger partial charge in [0.25, 0.3) is 0 Å². The van der Waals surface area contributed by atoms with Crippen molar-refractivity contribution in [1.29, 1.82) is 5.26 Å². The van der Waals surface area contributed by atoms with E-state index in [0.717, 1.165) is 0 Å². The Hall–Kier alpha value is -3.21. The number of anilines is 1. The molecule has 1 unspecified atom stereocenters. The Morgan fingerprint density at radius 2 is 2.11 bits per heavy atom. The van der Waals surface area contributed by atoms with Gasteiger partial charge in [-0.2, -0.15) is 5.26 Å². The summed E-state index contributed by atoms with van der Waals surface area (Å²) in [7, 11) is 1.54. The quantitative estimate of drug-likeness (QED) is 0.620. The van der Waals surface area contributed by atoms with Crippen LogP contribution >= 0.6 is 0 Å². The standard InChI is InChI=1S/C20H18FN3O3/c1-27-15-5-6-18-16(8-15)19(12-3-2-4-13(21)7-12)17(9-22)20(24-18)23-10-14(26)11-25/h2-8,14,25-26H,10-11H2,1H3,(H,23,24). The predicted octanol–water partition coefficient (Wildman–Crippen LogP) is 2.69. The molecule has 3 N–H and O–H groups in total. The Kier molecular flexibility index (Phi) is 5.50. The van der Waals surface area contributed by atoms with E-state index in [9.17, 15) is 14.8 Å². The first-order valence-electron chi connectivity index (χ1n) is 8.28. The summed E-state index contributed by atoms with van der Waals surface area (Å²) in [6.45, 7) is -0.404. The van der Waals surface area contributed by atoms with Crippen LogP contribution in [0.3, 0.4) is 0 Å². The third kappa shape index (κ3) is 3.82. The minimum Gasteiger partial charge on any atom is -0.497 e. The number of ether oxygens (including phenoxy) is 1. The summed E-state index contributed by atoms with van der Waals surface area (Å²) in [6.07, 6.45) is -0.998. The van der Waals surface area contributed by atoms with Crippen LogP contribution in [-0.2, 0) is 0 Å². The summed E-state index contributed by atoms with van der Waals surface area (Å²) in [5.41, 5.74) is 1.83. The van der Waals surface area contributed by atoms with Crippen LogP contribution in [0.1, 0.15) is 5.56 Å². The van der Waals surface area contributed by atoms with Gasteiger partial charge in [0.1, 0.15) is 29.0 Å². The molecule has 0 spiro atoms. The number of benzene rings is 2. The number of hydrogen-bond acceptors (Lipinski definition) is 6. The first-order valence-corrected chi connectivity index (χ1v) is 8.28. The number of nitriles is 1. The average molecular weight is 367 g/mol. The molecule has 138 valence electrons. The molecule has 2 aromatic carbocycles. The van der Waals surface area contributed by atoms with Crippen LogP contribution in [0.15, 0.2) is 42.5 Å². The minimum absolute atomic E-state index is 0.0163. The van der Waals surface area contributed by atoms with E-state index in [1.807, 2.05) is 0 Å². The average Bonchev–Trinajstić information content (AvgIpc) is 2.70. The largest absolute Gasteiger partial charge is 0.497 e. The van der Waals surface area contributed by atoms with Gasteiger partial charge in [0.05, 0.1) is 25.3 Å². The van der Waals surface area contributed by atoms with Gasteiger partial charge >= 0.3 is 0 Å². The summed E-state index contributed by atoms with van der Waals surface area (Å²) in [4.78, 5) is 4.46. The van der Waals surface area contributed by atoms with Gasteiger partial charge in [-0.1, -0.05) is 12.1 Å². The highest BCUT2D eigenvalue weighted by atomic mass is 19.1. The second-order valence-corrected chi connectivity index (χ2v) is 5.93. The Balaban J connectivity index is 2.28. The van der Waals surface area contributed by atoms with E-state index in [2.05, 4.69) is 16.4 Å². The van der Waals surface area contributed by atoms with Gasteiger partial charge in [-0.3, -0.25) is 0 Å². The Morgan fingerprint density at radius 3 is 2.78 bits per heavy atom. The van der Waals surface area contributed by atoms with E-state index in [4.69, 9.17) is 9.84 Å². The molecule has 0 amide bonds. The molecule has 0 radical (unpaired) electrons. The highest BCUT2D eigenvalue weighted by Gasteiger charge is 2.18. The number of fused-ring (bicyclic) bond motifs is 1. The van der Waals surface area contributed by atoms with Gasteiger partial charge < -0.3 is 20.3 Å². The summed E-state index contributed by atoms with van der Waals surface area (Å²) in [6, 6.07) is 13.3. The molecule has 0 bridgehead atoms. The van der Waals surface area contributed by atoms with Crippen molar-refractivity contribution in [3.63, 3.8) is 0 Å². The summed E-state index contributed by atoms with van der Waals surface area (Å²) in [5, 5.41) is 31.9. The van der Waals surface area contributed by atoms with E-state index in [1.165, 1.54) is 19.2 Å². The number of hydrogen-bond donors (Lipinski definition) is 3. The summed E-state index contributed by atoms with van der Waals surface area (Å²) < 4.78 is 19.1. The van der Waals surface area contributed by atoms with Crippen LogP contribution in [0.5, 0.6) is 5.75 Å². The monoisotopic (exact) mass is 367 g/mol. The molecule has 0 aliphatic rings. The van der Waals surface area contributed by atoms with Gasteiger partial charge in [0, 0.05) is 17.5 Å². The van der Waals surface area contributed by atoms with Crippen LogP contribution < -0.4 is 10.1 Å². The van der Waals surface area contributed by atoms with Crippen LogP contribution in [0.2, 0.25) is 0 Å². The molecule has 7 heteroatoms. The molecule has 0 aliphatic carbocycles. The number of halogens is 1. The van der Waals surface area contributed by atoms with Gasteiger partial charge in [-0.25, -0.2) is 9.37 Å². The third-order valence-electron chi connectivity index (χ3n) is 4.13. The second-order valence-electron chi connectivity index (χ2n) is 5.93. The zero-order valence-electron chi connectivity index (χ0n) is 14.6. The Bertz CT molecular complexity index is 1020. The summed E-state index contributed by atoms with van der Waals surface area (Å²) >= 11 is 0. The van der Waals surface area contributed by atoms with Crippen molar-refractivity contribution in [2.24, 2.45) is 0 Å². The molecule has 0 fully saturated rings. The van der Waals surface area contributed by atoms with Crippen LogP contribution in [0, 0.1) is 17.1 Å². The maximum absolute atomic E-state index is 13.8. The molecule has 0 saturated heterocycles. The van der Waals surface area contributed by atoms with Crippen molar-refractivity contribution < 1.29 is 19.3 Å². The van der Waals surface area contributed by atoms with Crippen molar-refractivity contribution in [3.8, 4) is 22.9 Å². The molecular weight excluding hydrogens is 349 g/mol. The van der Waals surface area contributed by atoms with E-state index in [0.29, 0.717) is 27.8 Å². The number of aromatic nitrogens is 1. The highest BCUT2D eigenvalue weighted by molar-refractivity contribution is 6.00. The molecule has 6 nitrogen and oxygen atoms in total. The van der Waals surface area contributed by atoms with Crippen molar-refractivity contribution in [2.75, 3.05) is 25.6 Å². The zero-order chi connectivity index (χ0) is 19.4. The SMILES string of the molecule is COc1ccc2nc(NCC(O)CO)c(C#N)c(-c3cccc(F)c3)c2c1. The van der Waals surface area contributed by atoms with E-state index in [-0.39, 0.29) is 17.9 Å². The normalized spacial score (nSPS) is 11.8. The van der Waals surface area contributed by atoms with Crippen LogP contribution in [-0.4, -0.2) is 41.6 Å². The first kappa shape index (κ1) is 18.6. The van der Waals surface area contributed by atoms with Gasteiger partial charge in [0.2, 0.25) is 0 Å². The molecule has 1 atom stereocenters. The van der Waals surface area contributed by atoms with Crippen molar-refractivity contribution >= 4 is 16.7 Å². The lowest BCUT2D eigenvalue weighted by atomic mass is 9.95. The zero-order valence-corrected chi connectivity index (χ0v) is 14.6. The number of nitrogens with zero attached hydrogens (tertiary/aromatic N) is 2.